The predicted octanol–water partition coefficient (Wildman–Crippen LogP) is 16.1. The van der Waals surface area contributed by atoms with Crippen molar-refractivity contribution in [2.45, 2.75) is 65.5 Å². The molecule has 1 atom stereocenters. The van der Waals surface area contributed by atoms with Crippen molar-refractivity contribution < 1.29 is 56.1 Å². The van der Waals surface area contributed by atoms with Crippen LogP contribution in [0.3, 0.4) is 0 Å². The van der Waals surface area contributed by atoms with Gasteiger partial charge in [-0.2, -0.15) is 13.2 Å². The number of hydrogen-bond acceptors (Lipinski definition) is 15. The number of piperazine rings is 3. The molecule has 0 amide bonds. The molecule has 7 aliphatic rings. The summed E-state index contributed by atoms with van der Waals surface area (Å²) in [5.41, 5.74) is 17.8. The Balaban J connectivity index is 0.000000144. The van der Waals surface area contributed by atoms with E-state index in [-0.39, 0.29) is 34.6 Å². The lowest BCUT2D eigenvalue weighted by Crippen LogP contribution is -2.44. The van der Waals surface area contributed by atoms with Crippen molar-refractivity contribution >= 4 is 84.8 Å². The number of anilines is 2. The molecule has 15 rings (SSSR count). The van der Waals surface area contributed by atoms with Gasteiger partial charge in [0.1, 0.15) is 29.3 Å². The van der Waals surface area contributed by atoms with E-state index in [0.717, 1.165) is 196 Å². The fourth-order valence-corrected chi connectivity index (χ4v) is 15.2. The van der Waals surface area contributed by atoms with Gasteiger partial charge in [0.2, 0.25) is 0 Å². The van der Waals surface area contributed by atoms with E-state index >= 15 is 0 Å². The van der Waals surface area contributed by atoms with Crippen LogP contribution in [0.1, 0.15) is 119 Å². The van der Waals surface area contributed by atoms with Crippen LogP contribution in [0.25, 0.3) is 12.2 Å². The number of benzene rings is 8. The van der Waals surface area contributed by atoms with Crippen molar-refractivity contribution in [1.82, 2.24) is 20.0 Å². The van der Waals surface area contributed by atoms with Crippen molar-refractivity contribution in [1.29, 1.82) is 0 Å². The molecule has 0 bridgehead atoms. The summed E-state index contributed by atoms with van der Waals surface area (Å²) in [4.78, 5) is 71.7. The van der Waals surface area contributed by atoms with Gasteiger partial charge in [-0.3, -0.25) is 24.0 Å². The number of allylic oxidation sites excluding steroid dienone is 2. The quantitative estimate of drug-likeness (QED) is 0.0965. The number of alkyl halides is 3. The molecular formula is C87H95Br2F3N6O9. The molecule has 3 saturated heterocycles. The van der Waals surface area contributed by atoms with Gasteiger partial charge >= 0.3 is 6.18 Å². The average molecular weight is 1590 g/mol. The third-order valence-corrected chi connectivity index (χ3v) is 21.4. The van der Waals surface area contributed by atoms with E-state index in [0.29, 0.717) is 31.3 Å². The van der Waals surface area contributed by atoms with Crippen molar-refractivity contribution in [3.8, 4) is 23.0 Å². The second kappa shape index (κ2) is 37.2. The van der Waals surface area contributed by atoms with E-state index in [1.165, 1.54) is 53.0 Å². The maximum Gasteiger partial charge on any atom is 0.416 e. The van der Waals surface area contributed by atoms with Crippen LogP contribution in [0.2, 0.25) is 0 Å². The summed E-state index contributed by atoms with van der Waals surface area (Å²) in [6.07, 6.45) is 4.50. The Morgan fingerprint density at radius 1 is 0.477 bits per heavy atom. The van der Waals surface area contributed by atoms with Crippen LogP contribution in [0.15, 0.2) is 166 Å². The Labute approximate surface area is 644 Å². The number of aryl methyl sites for hydroxylation is 4. The lowest BCUT2D eigenvalue weighted by Gasteiger charge is -2.35. The second-order valence-corrected chi connectivity index (χ2v) is 29.8. The number of rotatable bonds is 11. The molecule has 4 aliphatic carbocycles. The minimum absolute atomic E-state index is 0.0322. The summed E-state index contributed by atoms with van der Waals surface area (Å²) < 4.78 is 59.5. The summed E-state index contributed by atoms with van der Waals surface area (Å²) >= 11 is 6.86. The number of Topliss-reactive ketones (excluding diaryl/α,β-unsaturated/α-hetero) is 4. The number of carbonyl (C=O) groups excluding carboxylic acids is 5. The molecule has 15 nitrogen and oxygen atoms in total. The number of aldehydes is 1. The van der Waals surface area contributed by atoms with E-state index < -0.39 is 11.7 Å². The Morgan fingerprint density at radius 2 is 0.916 bits per heavy atom. The number of ketones is 4. The Kier molecular flexibility index (Phi) is 28.0. The zero-order chi connectivity index (χ0) is 76.6. The van der Waals surface area contributed by atoms with E-state index in [2.05, 4.69) is 164 Å². The SMILES string of the molecule is CN1CCNCC1.COc1cc2c(cc1Br)C/C(=C\c1cccc(C)c1)C2=O.COc1cc2c(cc1Br)CCC2=O.COc1cc2c(cc1N1CCN(C)CC1)C/C(=C\c1cccc(C)c1)C2=O.COc1cc2c(cc1N1CCN(C)CC1)CC(Cc1cccc(C)c1)C2=O.O=Cc1cccc(C(F)(F)F)c1. The van der Waals surface area contributed by atoms with Crippen LogP contribution < -0.4 is 34.1 Å². The van der Waals surface area contributed by atoms with Crippen LogP contribution in [0, 0.1) is 26.7 Å². The van der Waals surface area contributed by atoms with Crippen molar-refractivity contribution in [3.63, 3.8) is 0 Å². The van der Waals surface area contributed by atoms with E-state index in [1.807, 2.05) is 72.8 Å². The Morgan fingerprint density at radius 3 is 1.39 bits per heavy atom. The van der Waals surface area contributed by atoms with Gasteiger partial charge in [0.15, 0.2) is 23.1 Å². The highest BCUT2D eigenvalue weighted by Crippen LogP contribution is 2.42. The number of likely N-dealkylation sites (N-methyl/N-ethyl adjacent to an activating group) is 3. The summed E-state index contributed by atoms with van der Waals surface area (Å²) in [7, 11) is 13.1. The van der Waals surface area contributed by atoms with Gasteiger partial charge in [-0.05, 0) is 205 Å². The molecule has 3 fully saturated rings. The fraction of sp³-hybridized carbons (Fsp3) is 0.345. The van der Waals surface area contributed by atoms with Gasteiger partial charge in [0.05, 0.1) is 54.3 Å². The Hall–Kier alpha value is -9.02. The minimum Gasteiger partial charge on any atom is -0.496 e. The zero-order valence-electron chi connectivity index (χ0n) is 62.7. The first-order chi connectivity index (χ1) is 51.3. The maximum absolute atomic E-state index is 13.0. The van der Waals surface area contributed by atoms with Crippen molar-refractivity contribution in [3.05, 3.63) is 255 Å². The second-order valence-electron chi connectivity index (χ2n) is 28.1. The molecule has 8 aromatic rings. The number of fused-ring (bicyclic) bond motifs is 4. The van der Waals surface area contributed by atoms with Crippen LogP contribution in [-0.2, 0) is 38.3 Å². The molecule has 3 aliphatic heterocycles. The van der Waals surface area contributed by atoms with Crippen LogP contribution in [-0.4, -0.2) is 172 Å². The number of ether oxygens (including phenoxy) is 4. The van der Waals surface area contributed by atoms with E-state index in [9.17, 15) is 37.1 Å². The molecule has 0 aromatic heterocycles. The van der Waals surface area contributed by atoms with Crippen molar-refractivity contribution in [2.75, 3.05) is 138 Å². The Bertz CT molecular complexity index is 4610. The first-order valence-electron chi connectivity index (χ1n) is 36.1. The smallest absolute Gasteiger partial charge is 0.416 e. The molecule has 3 heterocycles. The minimum atomic E-state index is -4.38. The molecular weight excluding hydrogens is 1490 g/mol. The molecule has 0 spiro atoms. The van der Waals surface area contributed by atoms with Gasteiger partial charge in [-0.15, -0.1) is 0 Å². The number of halogens is 5. The van der Waals surface area contributed by atoms with E-state index in [4.69, 9.17) is 18.9 Å². The van der Waals surface area contributed by atoms with Crippen molar-refractivity contribution in [2.24, 2.45) is 5.92 Å². The molecule has 1 N–H and O–H groups in total. The third kappa shape index (κ3) is 21.0. The molecule has 20 heteroatoms. The van der Waals surface area contributed by atoms with Gasteiger partial charge < -0.3 is 48.8 Å². The molecule has 1 unspecified atom stereocenters. The summed E-state index contributed by atoms with van der Waals surface area (Å²) in [6, 6.07) is 45.0. The first-order valence-corrected chi connectivity index (χ1v) is 37.7. The standard InChI is InChI=1S/C23H28N2O2.C23H26N2O2.C18H15BrO2.C10H9BrO2.C8H5F3O.C5H12N2/c2*1-16-5-4-6-17(11-16)12-19-13-18-14-21(25-9-7-24(2)8-10-25)22(27-3)15-20(18)23(19)26;1-11-4-3-5-12(6-11)7-14-8-13-9-16(19)17(21-2)10-15(13)18(14)20;1-13-10-5-7-6(4-8(10)11)2-3-9(7)12;9-8(10,11)7-3-1-2-6(4-7)5-12;1-7-4-2-6-3-5-7/h4-6,11,14-15,19H,7-10,12-13H2,1-3H3;4-6,11-12,14-15H,7-10,13H2,1-3H3;3-7,9-10H,8H2,1-2H3;4-5H,2-3H2,1H3;1-5H;6H,2-5H2,1H3/b;19-12+;14-7+;;;. The number of nitrogens with one attached hydrogen (secondary N) is 1. The molecule has 107 heavy (non-hydrogen) atoms. The molecule has 0 radical (unpaired) electrons. The van der Waals surface area contributed by atoms with Crippen LogP contribution in [0.5, 0.6) is 23.0 Å². The highest BCUT2D eigenvalue weighted by Gasteiger charge is 2.35. The largest absolute Gasteiger partial charge is 0.496 e. The normalized spacial score (nSPS) is 17.5. The molecule has 562 valence electrons. The third-order valence-electron chi connectivity index (χ3n) is 20.1. The van der Waals surface area contributed by atoms with Gasteiger partial charge in [-0.25, -0.2) is 0 Å². The number of methoxy groups -OCH3 is 4. The highest BCUT2D eigenvalue weighted by molar-refractivity contribution is 9.11. The lowest BCUT2D eigenvalue weighted by molar-refractivity contribution is -0.137. The summed E-state index contributed by atoms with van der Waals surface area (Å²) in [5.74, 6) is 3.77. The zero-order valence-corrected chi connectivity index (χ0v) is 65.9. The van der Waals surface area contributed by atoms with Crippen LogP contribution in [0.4, 0.5) is 24.5 Å². The first kappa shape index (κ1) is 80.5. The summed E-state index contributed by atoms with van der Waals surface area (Å²) in [6.45, 7) is 19.1. The summed E-state index contributed by atoms with van der Waals surface area (Å²) in [5, 5.41) is 3.27. The fourth-order valence-electron chi connectivity index (χ4n) is 14.1. The topological polar surface area (TPSA) is 150 Å². The van der Waals surface area contributed by atoms with Gasteiger partial charge in [0.25, 0.3) is 0 Å². The van der Waals surface area contributed by atoms with Gasteiger partial charge in [-0.1, -0.05) is 102 Å². The number of nitrogens with zero attached hydrogens (tertiary/aromatic N) is 5. The molecule has 8 aromatic carbocycles. The number of hydrogen-bond donors (Lipinski definition) is 1. The monoisotopic (exact) mass is 1580 g/mol. The highest BCUT2D eigenvalue weighted by atomic mass is 79.9. The number of carbonyl (C=O) groups is 5. The van der Waals surface area contributed by atoms with E-state index in [1.54, 1.807) is 28.4 Å². The predicted molar refractivity (Wildman–Crippen MR) is 427 cm³/mol. The van der Waals surface area contributed by atoms with Crippen LogP contribution >= 0.6 is 31.9 Å². The lowest BCUT2D eigenvalue weighted by atomic mass is 9.95. The maximum atomic E-state index is 13.0. The average Bonchev–Trinajstić information content (AvgIpc) is 0.918. The molecule has 0 saturated carbocycles. The van der Waals surface area contributed by atoms with Gasteiger partial charge in [0, 0.05) is 143 Å².